The summed E-state index contributed by atoms with van der Waals surface area (Å²) in [5.41, 5.74) is -0.849. The standard InChI is InChI=1S/C11H24N2O3/c1-5-13(9-11(2,3)15)10(14)8-12-6-7-16-4/h12,15H,5-9H2,1-4H3. The number of ether oxygens (including phenoxy) is 1. The van der Waals surface area contributed by atoms with Crippen molar-refractivity contribution in [2.45, 2.75) is 26.4 Å². The second-order valence-corrected chi connectivity index (χ2v) is 4.39. The van der Waals surface area contributed by atoms with Crippen molar-refractivity contribution in [2.75, 3.05) is 39.9 Å². The van der Waals surface area contributed by atoms with E-state index in [4.69, 9.17) is 4.74 Å². The lowest BCUT2D eigenvalue weighted by Crippen LogP contribution is -2.45. The van der Waals surface area contributed by atoms with Crippen LogP contribution in [0.25, 0.3) is 0 Å². The number of rotatable bonds is 8. The van der Waals surface area contributed by atoms with Crippen molar-refractivity contribution in [1.82, 2.24) is 10.2 Å². The highest BCUT2D eigenvalue weighted by molar-refractivity contribution is 5.78. The third-order valence-corrected chi connectivity index (χ3v) is 2.07. The number of nitrogens with one attached hydrogen (secondary N) is 1. The average molecular weight is 232 g/mol. The van der Waals surface area contributed by atoms with Gasteiger partial charge in [-0.1, -0.05) is 0 Å². The SMILES string of the molecule is CCN(CC(C)(C)O)C(=O)CNCCOC. The molecule has 1 amide bonds. The van der Waals surface area contributed by atoms with Gasteiger partial charge in [-0.05, 0) is 20.8 Å². The molecule has 0 spiro atoms. The Bertz CT molecular complexity index is 202. The van der Waals surface area contributed by atoms with Crippen LogP contribution in [0.3, 0.4) is 0 Å². The van der Waals surface area contributed by atoms with Crippen LogP contribution in [0.4, 0.5) is 0 Å². The van der Waals surface area contributed by atoms with Crippen molar-refractivity contribution in [3.63, 3.8) is 0 Å². The number of methoxy groups -OCH3 is 1. The molecule has 0 aromatic heterocycles. The molecule has 0 aromatic rings. The van der Waals surface area contributed by atoms with Gasteiger partial charge in [0.15, 0.2) is 0 Å². The first-order valence-electron chi connectivity index (χ1n) is 5.60. The summed E-state index contributed by atoms with van der Waals surface area (Å²) in [6.45, 7) is 7.78. The van der Waals surface area contributed by atoms with Gasteiger partial charge in [0.05, 0.1) is 18.8 Å². The molecule has 0 saturated carbocycles. The molecule has 0 aliphatic carbocycles. The van der Waals surface area contributed by atoms with Crippen LogP contribution in [0.1, 0.15) is 20.8 Å². The lowest BCUT2D eigenvalue weighted by Gasteiger charge is -2.28. The summed E-state index contributed by atoms with van der Waals surface area (Å²) < 4.78 is 4.86. The van der Waals surface area contributed by atoms with Crippen LogP contribution in [0.15, 0.2) is 0 Å². The molecule has 96 valence electrons. The quantitative estimate of drug-likeness (QED) is 0.571. The molecule has 0 bridgehead atoms. The smallest absolute Gasteiger partial charge is 0.236 e. The Morgan fingerprint density at radius 1 is 1.50 bits per heavy atom. The van der Waals surface area contributed by atoms with Crippen LogP contribution in [-0.2, 0) is 9.53 Å². The molecule has 5 heteroatoms. The first-order valence-corrected chi connectivity index (χ1v) is 5.60. The molecule has 0 aliphatic heterocycles. The van der Waals surface area contributed by atoms with Crippen LogP contribution in [0.5, 0.6) is 0 Å². The van der Waals surface area contributed by atoms with Crippen LogP contribution in [0, 0.1) is 0 Å². The van der Waals surface area contributed by atoms with Crippen molar-refractivity contribution in [3.8, 4) is 0 Å². The predicted octanol–water partition coefficient (Wildman–Crippen LogP) is -0.158. The summed E-state index contributed by atoms with van der Waals surface area (Å²) in [5, 5.41) is 12.6. The van der Waals surface area contributed by atoms with Gasteiger partial charge in [-0.25, -0.2) is 0 Å². The van der Waals surface area contributed by atoms with E-state index in [0.29, 0.717) is 26.2 Å². The Labute approximate surface area is 97.8 Å². The molecule has 16 heavy (non-hydrogen) atoms. The van der Waals surface area contributed by atoms with Gasteiger partial charge in [-0.15, -0.1) is 0 Å². The van der Waals surface area contributed by atoms with Gasteiger partial charge in [0, 0.05) is 26.7 Å². The van der Waals surface area contributed by atoms with E-state index in [9.17, 15) is 9.90 Å². The number of hydrogen-bond donors (Lipinski definition) is 2. The molecular weight excluding hydrogens is 208 g/mol. The molecule has 0 aromatic carbocycles. The van der Waals surface area contributed by atoms with Crippen molar-refractivity contribution >= 4 is 5.91 Å². The van der Waals surface area contributed by atoms with E-state index in [0.717, 1.165) is 0 Å². The summed E-state index contributed by atoms with van der Waals surface area (Å²) >= 11 is 0. The fraction of sp³-hybridized carbons (Fsp3) is 0.909. The summed E-state index contributed by atoms with van der Waals surface area (Å²) in [5.74, 6) is 0.000674. The highest BCUT2D eigenvalue weighted by Crippen LogP contribution is 2.04. The highest BCUT2D eigenvalue weighted by atomic mass is 16.5. The van der Waals surface area contributed by atoms with Crippen LogP contribution >= 0.6 is 0 Å². The number of likely N-dealkylation sites (N-methyl/N-ethyl adjacent to an activating group) is 1. The normalized spacial score (nSPS) is 11.6. The lowest BCUT2D eigenvalue weighted by molar-refractivity contribution is -0.133. The zero-order chi connectivity index (χ0) is 12.6. The van der Waals surface area contributed by atoms with Crippen molar-refractivity contribution < 1.29 is 14.6 Å². The minimum atomic E-state index is -0.849. The second kappa shape index (κ2) is 7.60. The zero-order valence-corrected chi connectivity index (χ0v) is 10.7. The third-order valence-electron chi connectivity index (χ3n) is 2.07. The van der Waals surface area contributed by atoms with Crippen LogP contribution in [-0.4, -0.2) is 61.4 Å². The molecule has 0 fully saturated rings. The molecule has 0 saturated heterocycles. The number of nitrogens with zero attached hydrogens (tertiary/aromatic N) is 1. The van der Waals surface area contributed by atoms with E-state index in [1.165, 1.54) is 0 Å². The number of amides is 1. The molecule has 5 nitrogen and oxygen atoms in total. The first-order chi connectivity index (χ1) is 7.40. The van der Waals surface area contributed by atoms with E-state index in [1.54, 1.807) is 25.9 Å². The highest BCUT2D eigenvalue weighted by Gasteiger charge is 2.20. The van der Waals surface area contributed by atoms with Gasteiger partial charge in [0.1, 0.15) is 0 Å². The fourth-order valence-electron chi connectivity index (χ4n) is 1.32. The topological polar surface area (TPSA) is 61.8 Å². The van der Waals surface area contributed by atoms with Gasteiger partial charge in [0.25, 0.3) is 0 Å². The van der Waals surface area contributed by atoms with E-state index in [2.05, 4.69) is 5.32 Å². The molecule has 0 unspecified atom stereocenters. The van der Waals surface area contributed by atoms with Crippen molar-refractivity contribution in [1.29, 1.82) is 0 Å². The Hall–Kier alpha value is -0.650. The van der Waals surface area contributed by atoms with E-state index in [1.807, 2.05) is 6.92 Å². The number of aliphatic hydroxyl groups is 1. The largest absolute Gasteiger partial charge is 0.389 e. The maximum atomic E-state index is 11.7. The number of carbonyl (C=O) groups excluding carboxylic acids is 1. The molecule has 0 heterocycles. The predicted molar refractivity (Wildman–Crippen MR) is 63.3 cm³/mol. The number of carbonyl (C=O) groups is 1. The maximum Gasteiger partial charge on any atom is 0.236 e. The molecule has 0 radical (unpaired) electrons. The number of hydrogen-bond acceptors (Lipinski definition) is 4. The van der Waals surface area contributed by atoms with Gasteiger partial charge >= 0.3 is 0 Å². The van der Waals surface area contributed by atoms with Gasteiger partial charge in [-0.3, -0.25) is 4.79 Å². The average Bonchev–Trinajstić information content (AvgIpc) is 2.19. The van der Waals surface area contributed by atoms with Gasteiger partial charge in [0.2, 0.25) is 5.91 Å². The molecule has 0 atom stereocenters. The fourth-order valence-corrected chi connectivity index (χ4v) is 1.32. The van der Waals surface area contributed by atoms with E-state index >= 15 is 0 Å². The molecule has 0 rings (SSSR count). The summed E-state index contributed by atoms with van der Waals surface area (Å²) in [6, 6.07) is 0. The van der Waals surface area contributed by atoms with Gasteiger partial charge in [-0.2, -0.15) is 0 Å². The minimum Gasteiger partial charge on any atom is -0.389 e. The van der Waals surface area contributed by atoms with E-state index < -0.39 is 5.60 Å². The Kier molecular flexibility index (Phi) is 7.29. The molecular formula is C11H24N2O3. The second-order valence-electron chi connectivity index (χ2n) is 4.39. The van der Waals surface area contributed by atoms with Crippen LogP contribution in [0.2, 0.25) is 0 Å². The van der Waals surface area contributed by atoms with Crippen molar-refractivity contribution in [3.05, 3.63) is 0 Å². The monoisotopic (exact) mass is 232 g/mol. The van der Waals surface area contributed by atoms with Gasteiger partial charge < -0.3 is 20.1 Å². The summed E-state index contributed by atoms with van der Waals surface area (Å²) in [6.07, 6.45) is 0. The molecule has 0 aliphatic rings. The Morgan fingerprint density at radius 3 is 2.56 bits per heavy atom. The molecule has 2 N–H and O–H groups in total. The zero-order valence-electron chi connectivity index (χ0n) is 10.7. The Balaban J connectivity index is 3.92. The Morgan fingerprint density at radius 2 is 2.12 bits per heavy atom. The first kappa shape index (κ1) is 15.3. The third kappa shape index (κ3) is 7.62. The summed E-state index contributed by atoms with van der Waals surface area (Å²) in [4.78, 5) is 13.4. The lowest BCUT2D eigenvalue weighted by atomic mass is 10.1. The van der Waals surface area contributed by atoms with Crippen LogP contribution < -0.4 is 5.32 Å². The summed E-state index contributed by atoms with van der Waals surface area (Å²) in [7, 11) is 1.62. The van der Waals surface area contributed by atoms with E-state index in [-0.39, 0.29) is 12.5 Å². The van der Waals surface area contributed by atoms with Crippen molar-refractivity contribution in [2.24, 2.45) is 0 Å². The maximum absolute atomic E-state index is 11.7. The minimum absolute atomic E-state index is 0.000674.